The van der Waals surface area contributed by atoms with E-state index in [1.54, 1.807) is 7.05 Å². The number of ether oxygens (including phenoxy) is 1. The summed E-state index contributed by atoms with van der Waals surface area (Å²) in [6.07, 6.45) is -0.0565. The average Bonchev–Trinajstić information content (AvgIpc) is 2.71. The highest BCUT2D eigenvalue weighted by atomic mass is 16.5. The summed E-state index contributed by atoms with van der Waals surface area (Å²) >= 11 is 0. The van der Waals surface area contributed by atoms with Crippen molar-refractivity contribution in [2.45, 2.75) is 6.42 Å². The Kier molecular flexibility index (Phi) is 3.01. The summed E-state index contributed by atoms with van der Waals surface area (Å²) in [6.45, 7) is 0. The van der Waals surface area contributed by atoms with Crippen molar-refractivity contribution in [2.24, 2.45) is 21.1 Å². The number of carbonyl (C=O) groups is 1. The number of carbonyl (C=O) groups excluding carboxylic acids is 1. The Morgan fingerprint density at radius 3 is 2.37 bits per heavy atom. The monoisotopic (exact) mass is 266 g/mol. The molecule has 2 aromatic heterocycles. The number of rotatable bonds is 2. The number of esters is 1. The summed E-state index contributed by atoms with van der Waals surface area (Å²) < 4.78 is 8.36. The van der Waals surface area contributed by atoms with E-state index in [1.165, 1.54) is 30.3 Å². The van der Waals surface area contributed by atoms with Crippen LogP contribution in [0.25, 0.3) is 11.2 Å². The van der Waals surface area contributed by atoms with Gasteiger partial charge in [-0.1, -0.05) is 0 Å². The van der Waals surface area contributed by atoms with Crippen LogP contribution in [0.3, 0.4) is 0 Å². The topological polar surface area (TPSA) is 88.1 Å². The second-order valence-electron chi connectivity index (χ2n) is 4.22. The first-order chi connectivity index (χ1) is 8.88. The quantitative estimate of drug-likeness (QED) is 0.629. The Morgan fingerprint density at radius 1 is 1.16 bits per heavy atom. The first kappa shape index (κ1) is 13.1. The number of methoxy groups -OCH3 is 1. The van der Waals surface area contributed by atoms with Crippen molar-refractivity contribution in [1.82, 2.24) is 18.7 Å². The van der Waals surface area contributed by atoms with E-state index in [4.69, 9.17) is 0 Å². The number of imidazole rings is 1. The number of hydrogen-bond donors (Lipinski definition) is 0. The number of hydrogen-bond acceptors (Lipinski definition) is 5. The van der Waals surface area contributed by atoms with Gasteiger partial charge in [0.1, 0.15) is 12.2 Å². The minimum absolute atomic E-state index is 0.0565. The average molecular weight is 266 g/mol. The van der Waals surface area contributed by atoms with Crippen molar-refractivity contribution in [3.63, 3.8) is 0 Å². The fraction of sp³-hybridized carbons (Fsp3) is 0.455. The van der Waals surface area contributed by atoms with E-state index >= 15 is 0 Å². The van der Waals surface area contributed by atoms with E-state index in [0.717, 1.165) is 4.57 Å². The fourth-order valence-corrected chi connectivity index (χ4v) is 1.92. The van der Waals surface area contributed by atoms with Crippen LogP contribution in [-0.4, -0.2) is 31.8 Å². The lowest BCUT2D eigenvalue weighted by molar-refractivity contribution is -0.139. The SMILES string of the molecule is COC(=O)Cc1nc2c(c(=O)n(C)c(=O)n2C)n1C. The van der Waals surface area contributed by atoms with Crippen LogP contribution in [0.2, 0.25) is 0 Å². The van der Waals surface area contributed by atoms with Crippen LogP contribution in [0.1, 0.15) is 5.82 Å². The number of nitrogens with zero attached hydrogens (tertiary/aromatic N) is 4. The molecule has 8 heteroatoms. The third-order valence-electron chi connectivity index (χ3n) is 3.10. The molecule has 0 atom stereocenters. The first-order valence-electron chi connectivity index (χ1n) is 5.56. The van der Waals surface area contributed by atoms with Crippen LogP contribution in [-0.2, 0) is 37.1 Å². The molecule has 0 saturated carbocycles. The Morgan fingerprint density at radius 2 is 1.79 bits per heavy atom. The van der Waals surface area contributed by atoms with Gasteiger partial charge >= 0.3 is 11.7 Å². The van der Waals surface area contributed by atoms with Gasteiger partial charge in [0.15, 0.2) is 11.2 Å². The zero-order valence-electron chi connectivity index (χ0n) is 11.1. The summed E-state index contributed by atoms with van der Waals surface area (Å²) in [7, 11) is 5.83. The molecule has 0 aromatic carbocycles. The van der Waals surface area contributed by atoms with Crippen LogP contribution in [0.5, 0.6) is 0 Å². The van der Waals surface area contributed by atoms with Gasteiger partial charge in [-0.2, -0.15) is 0 Å². The predicted octanol–water partition coefficient (Wildman–Crippen LogP) is -1.31. The van der Waals surface area contributed by atoms with Crippen LogP contribution >= 0.6 is 0 Å². The van der Waals surface area contributed by atoms with E-state index in [0.29, 0.717) is 5.82 Å². The molecular formula is C11H14N4O4. The minimum atomic E-state index is -0.458. The van der Waals surface area contributed by atoms with Crippen molar-refractivity contribution in [2.75, 3.05) is 7.11 Å². The molecule has 2 aromatic rings. The Hall–Kier alpha value is -2.38. The van der Waals surface area contributed by atoms with Crippen molar-refractivity contribution < 1.29 is 9.53 Å². The maximum absolute atomic E-state index is 12.1. The van der Waals surface area contributed by atoms with Gasteiger partial charge in [0, 0.05) is 21.1 Å². The minimum Gasteiger partial charge on any atom is -0.469 e. The van der Waals surface area contributed by atoms with Crippen LogP contribution in [0, 0.1) is 0 Å². The van der Waals surface area contributed by atoms with Crippen LogP contribution in [0.15, 0.2) is 9.59 Å². The number of fused-ring (bicyclic) bond motifs is 1. The van der Waals surface area contributed by atoms with Gasteiger partial charge in [-0.25, -0.2) is 9.78 Å². The predicted molar refractivity (Wildman–Crippen MR) is 66.9 cm³/mol. The van der Waals surface area contributed by atoms with Crippen molar-refractivity contribution >= 4 is 17.1 Å². The Labute approximate surface area is 107 Å². The van der Waals surface area contributed by atoms with Crippen molar-refractivity contribution in [1.29, 1.82) is 0 Å². The lowest BCUT2D eigenvalue weighted by Crippen LogP contribution is -2.37. The third-order valence-corrected chi connectivity index (χ3v) is 3.10. The summed E-state index contributed by atoms with van der Waals surface area (Å²) in [6, 6.07) is 0. The summed E-state index contributed by atoms with van der Waals surface area (Å²) in [5, 5.41) is 0. The number of aromatic nitrogens is 4. The molecule has 102 valence electrons. The maximum Gasteiger partial charge on any atom is 0.332 e. The molecule has 0 radical (unpaired) electrons. The molecule has 0 amide bonds. The fourth-order valence-electron chi connectivity index (χ4n) is 1.92. The normalized spacial score (nSPS) is 10.9. The van der Waals surface area contributed by atoms with E-state index in [-0.39, 0.29) is 17.6 Å². The highest BCUT2D eigenvalue weighted by Gasteiger charge is 2.18. The molecule has 0 fully saturated rings. The van der Waals surface area contributed by atoms with Gasteiger partial charge in [0.25, 0.3) is 5.56 Å². The highest BCUT2D eigenvalue weighted by Crippen LogP contribution is 2.09. The molecule has 0 spiro atoms. The molecule has 19 heavy (non-hydrogen) atoms. The van der Waals surface area contributed by atoms with Crippen LogP contribution < -0.4 is 11.2 Å². The zero-order valence-corrected chi connectivity index (χ0v) is 11.1. The molecule has 2 heterocycles. The maximum atomic E-state index is 12.1. The van der Waals surface area contributed by atoms with Gasteiger partial charge < -0.3 is 9.30 Å². The molecule has 0 bridgehead atoms. The van der Waals surface area contributed by atoms with E-state index in [2.05, 4.69) is 9.72 Å². The summed E-state index contributed by atoms with van der Waals surface area (Å²) in [5.41, 5.74) is -0.359. The second kappa shape index (κ2) is 4.38. The van der Waals surface area contributed by atoms with Gasteiger partial charge in [-0.3, -0.25) is 18.7 Å². The van der Waals surface area contributed by atoms with Gasteiger partial charge in [-0.15, -0.1) is 0 Å². The van der Waals surface area contributed by atoms with Crippen molar-refractivity contribution in [3.8, 4) is 0 Å². The van der Waals surface area contributed by atoms with Crippen LogP contribution in [0.4, 0.5) is 0 Å². The molecule has 0 aliphatic heterocycles. The number of aryl methyl sites for hydroxylation is 2. The van der Waals surface area contributed by atoms with Gasteiger partial charge in [0.2, 0.25) is 0 Å². The molecule has 0 saturated heterocycles. The highest BCUT2D eigenvalue weighted by molar-refractivity contribution is 5.75. The molecule has 0 aliphatic carbocycles. The smallest absolute Gasteiger partial charge is 0.332 e. The van der Waals surface area contributed by atoms with E-state index < -0.39 is 17.2 Å². The standard InChI is InChI=1S/C11H14N4O4/c1-13-6(5-7(16)19-4)12-9-8(13)10(17)15(3)11(18)14(9)2/h5H2,1-4H3. The third kappa shape index (κ3) is 1.85. The molecular weight excluding hydrogens is 252 g/mol. The Bertz CT molecular complexity index is 781. The van der Waals surface area contributed by atoms with E-state index in [1.807, 2.05) is 0 Å². The van der Waals surface area contributed by atoms with E-state index in [9.17, 15) is 14.4 Å². The molecule has 0 unspecified atom stereocenters. The molecule has 8 nitrogen and oxygen atoms in total. The van der Waals surface area contributed by atoms with Gasteiger partial charge in [0.05, 0.1) is 7.11 Å². The molecule has 2 rings (SSSR count). The zero-order chi connectivity index (χ0) is 14.3. The molecule has 0 aliphatic rings. The summed E-state index contributed by atoms with van der Waals surface area (Å²) in [5.74, 6) is -0.0830. The molecule has 0 N–H and O–H groups in total. The summed E-state index contributed by atoms with van der Waals surface area (Å²) in [4.78, 5) is 39.3. The van der Waals surface area contributed by atoms with Crippen molar-refractivity contribution in [3.05, 3.63) is 26.7 Å². The van der Waals surface area contributed by atoms with Gasteiger partial charge in [-0.05, 0) is 0 Å². The Balaban J connectivity index is 2.81. The lowest BCUT2D eigenvalue weighted by Gasteiger charge is -2.03. The second-order valence-corrected chi connectivity index (χ2v) is 4.22. The first-order valence-corrected chi connectivity index (χ1v) is 5.56. The lowest BCUT2D eigenvalue weighted by atomic mass is 10.4. The largest absolute Gasteiger partial charge is 0.469 e.